The predicted molar refractivity (Wildman–Crippen MR) is 116 cm³/mol. The molecule has 1 saturated heterocycles. The number of carbonyl (C=O) groups excluding carboxylic acids is 2. The largest absolute Gasteiger partial charge is 0.330 e. The number of nitrogens with zero attached hydrogens (tertiary/aromatic N) is 1. The summed E-state index contributed by atoms with van der Waals surface area (Å²) in [5.41, 5.74) is 4.97. The van der Waals surface area contributed by atoms with E-state index in [1.54, 1.807) is 0 Å². The Hall–Kier alpha value is -1.99. The van der Waals surface area contributed by atoms with Crippen LogP contribution in [0.25, 0.3) is 5.70 Å². The summed E-state index contributed by atoms with van der Waals surface area (Å²) in [6.45, 7) is 2.74. The van der Waals surface area contributed by atoms with Crippen molar-refractivity contribution in [2.75, 3.05) is 6.54 Å². The van der Waals surface area contributed by atoms with Crippen LogP contribution in [0.15, 0.2) is 35.4 Å². The highest BCUT2D eigenvalue weighted by molar-refractivity contribution is 8.01. The van der Waals surface area contributed by atoms with E-state index >= 15 is 0 Å². The Balaban J connectivity index is 1.44. The highest BCUT2D eigenvalue weighted by Gasteiger charge is 2.38. The van der Waals surface area contributed by atoms with Gasteiger partial charge in [-0.05, 0) is 43.5 Å². The van der Waals surface area contributed by atoms with Gasteiger partial charge in [0, 0.05) is 18.0 Å². The van der Waals surface area contributed by atoms with Gasteiger partial charge in [-0.1, -0.05) is 56.5 Å². The average molecular weight is 415 g/mol. The lowest BCUT2D eigenvalue weighted by Crippen LogP contribution is -2.48. The lowest BCUT2D eigenvalue weighted by atomic mass is 9.80. The van der Waals surface area contributed by atoms with Crippen molar-refractivity contribution in [3.05, 3.63) is 40.9 Å². The van der Waals surface area contributed by atoms with Crippen LogP contribution in [0.3, 0.4) is 0 Å². The van der Waals surface area contributed by atoms with Crippen LogP contribution in [0.5, 0.6) is 0 Å². The van der Waals surface area contributed by atoms with Gasteiger partial charge in [0.2, 0.25) is 11.8 Å². The van der Waals surface area contributed by atoms with Gasteiger partial charge in [-0.3, -0.25) is 9.59 Å². The second-order valence-electron chi connectivity index (χ2n) is 8.26. The van der Waals surface area contributed by atoms with Crippen LogP contribution >= 0.6 is 11.9 Å². The highest BCUT2D eigenvalue weighted by atomic mass is 32.2. The van der Waals surface area contributed by atoms with Crippen molar-refractivity contribution in [1.29, 1.82) is 0 Å². The minimum absolute atomic E-state index is 0.00647. The summed E-state index contributed by atoms with van der Waals surface area (Å²) < 4.78 is 0. The smallest absolute Gasteiger partial charge is 0.247 e. The summed E-state index contributed by atoms with van der Waals surface area (Å²) in [5, 5.41) is 3.81. The number of hydrogen-bond acceptors (Lipinski definition) is 5. The minimum Gasteiger partial charge on any atom is -0.330 e. The molecule has 1 aromatic rings. The molecule has 2 atom stereocenters. The van der Waals surface area contributed by atoms with E-state index in [9.17, 15) is 9.59 Å². The molecule has 2 amide bonds. The number of likely N-dealkylation sites (tertiary alicyclic amines) is 1. The summed E-state index contributed by atoms with van der Waals surface area (Å²) in [7, 11) is 0. The van der Waals surface area contributed by atoms with E-state index in [2.05, 4.69) is 22.5 Å². The second-order valence-corrected chi connectivity index (χ2v) is 9.08. The Morgan fingerprint density at radius 2 is 1.86 bits per heavy atom. The summed E-state index contributed by atoms with van der Waals surface area (Å²) in [5.74, 6) is 0.536. The van der Waals surface area contributed by atoms with Crippen molar-refractivity contribution in [3.8, 4) is 0 Å². The van der Waals surface area contributed by atoms with Gasteiger partial charge in [-0.15, -0.1) is 0 Å². The molecule has 2 heterocycles. The summed E-state index contributed by atoms with van der Waals surface area (Å²) >= 11 is 1.35. The van der Waals surface area contributed by atoms with Gasteiger partial charge in [-0.2, -0.15) is 4.83 Å². The van der Waals surface area contributed by atoms with E-state index in [1.807, 2.05) is 35.2 Å². The normalized spacial score (nSPS) is 23.8. The lowest BCUT2D eigenvalue weighted by molar-refractivity contribution is -0.142. The van der Waals surface area contributed by atoms with Crippen molar-refractivity contribution in [2.24, 2.45) is 11.8 Å². The number of hydrogen-bond donors (Lipinski definition) is 3. The van der Waals surface area contributed by atoms with Crippen molar-refractivity contribution in [1.82, 2.24) is 20.5 Å². The summed E-state index contributed by atoms with van der Waals surface area (Å²) in [4.78, 5) is 31.1. The zero-order valence-corrected chi connectivity index (χ0v) is 17.8. The molecule has 29 heavy (non-hydrogen) atoms. The molecule has 0 unspecified atom stereocenters. The zero-order chi connectivity index (χ0) is 20.2. The quantitative estimate of drug-likeness (QED) is 0.644. The second kappa shape index (κ2) is 9.22. The highest BCUT2D eigenvalue weighted by Crippen LogP contribution is 2.33. The molecule has 2 fully saturated rings. The van der Waals surface area contributed by atoms with Crippen molar-refractivity contribution >= 4 is 29.5 Å². The van der Waals surface area contributed by atoms with Gasteiger partial charge in [0.05, 0.1) is 5.70 Å². The average Bonchev–Trinajstić information content (AvgIpc) is 3.43. The first-order valence-electron chi connectivity index (χ1n) is 10.7. The fraction of sp³-hybridized carbons (Fsp3) is 0.545. The molecule has 4 rings (SSSR count). The number of benzene rings is 1. The Bertz CT molecular complexity index is 776. The molecule has 7 heteroatoms. The van der Waals surface area contributed by atoms with E-state index in [1.165, 1.54) is 31.2 Å². The van der Waals surface area contributed by atoms with Crippen LogP contribution in [0.4, 0.5) is 0 Å². The molecule has 1 aromatic carbocycles. The van der Waals surface area contributed by atoms with E-state index < -0.39 is 0 Å². The molecule has 0 aromatic heterocycles. The molecule has 3 aliphatic rings. The summed E-state index contributed by atoms with van der Waals surface area (Å²) in [6.07, 6.45) is 7.62. The van der Waals surface area contributed by atoms with Crippen LogP contribution < -0.4 is 15.6 Å². The third-order valence-corrected chi connectivity index (χ3v) is 7.15. The molecular formula is C22H30N4O2S. The molecule has 6 nitrogen and oxygen atoms in total. The molecule has 3 N–H and O–H groups in total. The minimum atomic E-state index is -0.376. The van der Waals surface area contributed by atoms with E-state index in [-0.39, 0.29) is 23.8 Å². The first kappa shape index (κ1) is 20.3. The molecule has 2 aliphatic heterocycles. The van der Waals surface area contributed by atoms with Crippen molar-refractivity contribution < 1.29 is 9.59 Å². The topological polar surface area (TPSA) is 73.5 Å². The first-order valence-corrected chi connectivity index (χ1v) is 11.6. The van der Waals surface area contributed by atoms with Crippen LogP contribution in [0.2, 0.25) is 0 Å². The van der Waals surface area contributed by atoms with Crippen molar-refractivity contribution in [3.63, 3.8) is 0 Å². The summed E-state index contributed by atoms with van der Waals surface area (Å²) in [6, 6.07) is 9.53. The molecule has 1 saturated carbocycles. The Kier molecular flexibility index (Phi) is 6.45. The fourth-order valence-corrected chi connectivity index (χ4v) is 5.40. The Labute approximate surface area is 177 Å². The maximum absolute atomic E-state index is 13.2. The number of carbonyl (C=O) groups is 2. The van der Waals surface area contributed by atoms with Gasteiger partial charge in [-0.25, -0.2) is 0 Å². The maximum atomic E-state index is 13.2. The third-order valence-electron chi connectivity index (χ3n) is 6.44. The van der Waals surface area contributed by atoms with E-state index in [4.69, 9.17) is 0 Å². The monoisotopic (exact) mass is 414 g/mol. The van der Waals surface area contributed by atoms with E-state index in [0.29, 0.717) is 12.5 Å². The maximum Gasteiger partial charge on any atom is 0.247 e. The van der Waals surface area contributed by atoms with E-state index in [0.717, 1.165) is 42.0 Å². The van der Waals surface area contributed by atoms with Crippen LogP contribution in [-0.4, -0.2) is 29.3 Å². The zero-order valence-electron chi connectivity index (χ0n) is 16.9. The Morgan fingerprint density at radius 1 is 1.10 bits per heavy atom. The molecule has 0 radical (unpaired) electrons. The number of rotatable bonds is 5. The van der Waals surface area contributed by atoms with Gasteiger partial charge < -0.3 is 15.6 Å². The number of nitrogens with one attached hydrogen (secondary N) is 3. The molecule has 1 aliphatic carbocycles. The standard InChI is InChI=1S/C22H30N4O2S/c1-15(16-9-4-2-5-10-16)22(28)26-14-8-13-18(26)20(27)23-21-19(24-25-29-21)17-11-6-3-7-12-17/h3,6-7,11-12,15-16,18,24-25H,2,4-5,8-10,13-14H2,1H3,(H,23,27)/t15-,18-/m0/s1. The predicted octanol–water partition coefficient (Wildman–Crippen LogP) is 3.39. The van der Waals surface area contributed by atoms with Crippen LogP contribution in [0, 0.1) is 11.8 Å². The van der Waals surface area contributed by atoms with Crippen LogP contribution in [-0.2, 0) is 9.59 Å². The lowest BCUT2D eigenvalue weighted by Gasteiger charge is -2.32. The van der Waals surface area contributed by atoms with Gasteiger partial charge in [0.1, 0.15) is 11.1 Å². The van der Waals surface area contributed by atoms with Crippen molar-refractivity contribution in [2.45, 2.75) is 57.9 Å². The molecule has 0 bridgehead atoms. The number of amides is 2. The molecule has 0 spiro atoms. The third kappa shape index (κ3) is 4.46. The van der Waals surface area contributed by atoms with Crippen LogP contribution in [0.1, 0.15) is 57.4 Å². The molecular weight excluding hydrogens is 384 g/mol. The van der Waals surface area contributed by atoms with Gasteiger partial charge >= 0.3 is 0 Å². The SMILES string of the molecule is C[C@H](C(=O)N1CCC[C@H]1C(=O)NC1=C(c2ccccc2)NNS1)C1CCCCC1. The Morgan fingerprint density at radius 3 is 2.62 bits per heavy atom. The molecule has 156 valence electrons. The fourth-order valence-electron chi connectivity index (χ4n) is 4.73. The van der Waals surface area contributed by atoms with Gasteiger partial charge in [0.25, 0.3) is 0 Å². The van der Waals surface area contributed by atoms with Gasteiger partial charge in [0.15, 0.2) is 0 Å². The number of hydrazine groups is 1. The first-order chi connectivity index (χ1) is 14.1.